The molecule has 4 unspecified atom stereocenters. The van der Waals surface area contributed by atoms with Crippen LogP contribution in [0.25, 0.3) is 0 Å². The minimum absolute atomic E-state index is 0.187. The SMILES string of the molecule is CCCC(=O)OC(C)OC(=O)C1(C)NC(C)=CC(c2cccc(Cl)c2Cl)C1C(=O)O. The van der Waals surface area contributed by atoms with Gasteiger partial charge < -0.3 is 19.9 Å². The monoisotopic (exact) mass is 457 g/mol. The summed E-state index contributed by atoms with van der Waals surface area (Å²) >= 11 is 12.5. The van der Waals surface area contributed by atoms with Gasteiger partial charge in [0.05, 0.1) is 10.0 Å². The number of rotatable bonds is 7. The van der Waals surface area contributed by atoms with Gasteiger partial charge in [0.1, 0.15) is 11.5 Å². The van der Waals surface area contributed by atoms with Gasteiger partial charge in [-0.3, -0.25) is 9.59 Å². The van der Waals surface area contributed by atoms with E-state index in [-0.39, 0.29) is 16.5 Å². The molecule has 2 rings (SSSR count). The van der Waals surface area contributed by atoms with Crippen LogP contribution < -0.4 is 5.32 Å². The first-order valence-corrected chi connectivity index (χ1v) is 10.3. The molecule has 1 aromatic rings. The number of carboxylic acids is 1. The Balaban J connectivity index is 2.39. The van der Waals surface area contributed by atoms with Gasteiger partial charge in [0, 0.05) is 25.0 Å². The summed E-state index contributed by atoms with van der Waals surface area (Å²) in [7, 11) is 0. The Labute approximate surface area is 185 Å². The molecule has 0 bridgehead atoms. The number of hydrogen-bond acceptors (Lipinski definition) is 6. The molecule has 2 N–H and O–H groups in total. The van der Waals surface area contributed by atoms with E-state index in [1.165, 1.54) is 13.8 Å². The van der Waals surface area contributed by atoms with Crippen LogP contribution in [-0.4, -0.2) is 34.8 Å². The quantitative estimate of drug-likeness (QED) is 0.465. The van der Waals surface area contributed by atoms with Gasteiger partial charge in [-0.05, 0) is 31.9 Å². The molecule has 164 valence electrons. The average molecular weight is 458 g/mol. The van der Waals surface area contributed by atoms with Gasteiger partial charge in [0.25, 0.3) is 0 Å². The molecule has 30 heavy (non-hydrogen) atoms. The third-order valence-electron chi connectivity index (χ3n) is 4.92. The van der Waals surface area contributed by atoms with Crippen LogP contribution >= 0.6 is 23.2 Å². The molecule has 0 amide bonds. The number of ether oxygens (including phenoxy) is 2. The Bertz CT molecular complexity index is 871. The van der Waals surface area contributed by atoms with E-state index in [9.17, 15) is 19.5 Å². The van der Waals surface area contributed by atoms with Crippen molar-refractivity contribution >= 4 is 41.1 Å². The number of allylic oxidation sites excluding steroid dienone is 2. The molecule has 0 saturated heterocycles. The zero-order valence-corrected chi connectivity index (χ0v) is 18.7. The topological polar surface area (TPSA) is 102 Å². The molecule has 9 heteroatoms. The predicted octanol–water partition coefficient (Wildman–Crippen LogP) is 4.28. The highest BCUT2D eigenvalue weighted by molar-refractivity contribution is 6.42. The van der Waals surface area contributed by atoms with Gasteiger partial charge in [-0.25, -0.2) is 4.79 Å². The molecule has 0 saturated carbocycles. The maximum Gasteiger partial charge on any atom is 0.335 e. The molecule has 0 spiro atoms. The highest BCUT2D eigenvalue weighted by Crippen LogP contribution is 2.43. The standard InChI is InChI=1S/C21H25Cl2NO6/c1-5-7-16(25)29-12(3)30-20(28)21(4)17(19(26)27)14(10-11(2)24-21)13-8-6-9-15(22)18(13)23/h6,8-10,12,14,17,24H,5,7H2,1-4H3,(H,26,27). The summed E-state index contributed by atoms with van der Waals surface area (Å²) in [6.07, 6.45) is 1.30. The van der Waals surface area contributed by atoms with E-state index in [0.29, 0.717) is 17.7 Å². The fourth-order valence-electron chi connectivity index (χ4n) is 3.62. The second kappa shape index (κ2) is 9.71. The van der Waals surface area contributed by atoms with Crippen molar-refractivity contribution in [1.29, 1.82) is 0 Å². The van der Waals surface area contributed by atoms with E-state index in [2.05, 4.69) is 5.32 Å². The van der Waals surface area contributed by atoms with Crippen molar-refractivity contribution in [3.63, 3.8) is 0 Å². The number of nitrogens with one attached hydrogen (secondary N) is 1. The van der Waals surface area contributed by atoms with Crippen LogP contribution in [0.2, 0.25) is 10.0 Å². The van der Waals surface area contributed by atoms with Gasteiger partial charge in [0.15, 0.2) is 0 Å². The zero-order valence-electron chi connectivity index (χ0n) is 17.2. The van der Waals surface area contributed by atoms with E-state index < -0.39 is 41.6 Å². The molecule has 0 aromatic heterocycles. The average Bonchev–Trinajstić information content (AvgIpc) is 2.62. The van der Waals surface area contributed by atoms with E-state index in [0.717, 1.165) is 0 Å². The van der Waals surface area contributed by atoms with Crippen LogP contribution in [0, 0.1) is 5.92 Å². The third-order valence-corrected chi connectivity index (χ3v) is 5.76. The second-order valence-corrected chi connectivity index (χ2v) is 8.16. The first-order valence-electron chi connectivity index (χ1n) is 9.55. The molecule has 1 aliphatic heterocycles. The van der Waals surface area contributed by atoms with Crippen LogP contribution in [-0.2, 0) is 23.9 Å². The maximum absolute atomic E-state index is 13.0. The molecule has 4 atom stereocenters. The fraction of sp³-hybridized carbons (Fsp3) is 0.476. The molecule has 0 radical (unpaired) electrons. The van der Waals surface area contributed by atoms with Crippen molar-refractivity contribution in [3.8, 4) is 0 Å². The van der Waals surface area contributed by atoms with Gasteiger partial charge in [-0.15, -0.1) is 0 Å². The summed E-state index contributed by atoms with van der Waals surface area (Å²) in [6.45, 7) is 6.37. The first-order chi connectivity index (χ1) is 14.0. The molecule has 0 fully saturated rings. The Morgan fingerprint density at radius 3 is 2.53 bits per heavy atom. The second-order valence-electron chi connectivity index (χ2n) is 7.37. The Hall–Kier alpha value is -2.25. The Morgan fingerprint density at radius 2 is 1.93 bits per heavy atom. The van der Waals surface area contributed by atoms with Crippen molar-refractivity contribution in [3.05, 3.63) is 45.6 Å². The molecular weight excluding hydrogens is 433 g/mol. The Morgan fingerprint density at radius 1 is 1.27 bits per heavy atom. The number of carbonyl (C=O) groups excluding carboxylic acids is 2. The Kier molecular flexibility index (Phi) is 7.77. The van der Waals surface area contributed by atoms with E-state index in [4.69, 9.17) is 32.7 Å². The molecular formula is C21H25Cl2NO6. The van der Waals surface area contributed by atoms with Crippen LogP contribution in [0.15, 0.2) is 30.0 Å². The normalized spacial score (nSPS) is 24.3. The summed E-state index contributed by atoms with van der Waals surface area (Å²) in [5, 5.41) is 13.4. The van der Waals surface area contributed by atoms with Crippen molar-refractivity contribution in [2.75, 3.05) is 0 Å². The predicted molar refractivity (Wildman–Crippen MR) is 112 cm³/mol. The van der Waals surface area contributed by atoms with Crippen molar-refractivity contribution in [2.45, 2.75) is 58.3 Å². The van der Waals surface area contributed by atoms with Gasteiger partial charge in [0.2, 0.25) is 6.29 Å². The van der Waals surface area contributed by atoms with Crippen LogP contribution in [0.1, 0.15) is 52.0 Å². The summed E-state index contributed by atoms with van der Waals surface area (Å²) in [5.41, 5.74) is -0.589. The van der Waals surface area contributed by atoms with Crippen LogP contribution in [0.4, 0.5) is 0 Å². The molecule has 7 nitrogen and oxygen atoms in total. The molecule has 1 heterocycles. The fourth-order valence-corrected chi connectivity index (χ4v) is 4.06. The number of esters is 2. The highest BCUT2D eigenvalue weighted by Gasteiger charge is 2.53. The lowest BCUT2D eigenvalue weighted by atomic mass is 9.71. The summed E-state index contributed by atoms with van der Waals surface area (Å²) < 4.78 is 10.3. The number of benzene rings is 1. The minimum atomic E-state index is -1.65. The molecule has 1 aliphatic rings. The van der Waals surface area contributed by atoms with Crippen molar-refractivity contribution < 1.29 is 29.0 Å². The smallest absolute Gasteiger partial charge is 0.335 e. The molecule has 0 aliphatic carbocycles. The number of carboxylic acid groups (broad SMARTS) is 1. The van der Waals surface area contributed by atoms with Crippen molar-refractivity contribution in [1.82, 2.24) is 5.32 Å². The number of hydrogen-bond donors (Lipinski definition) is 2. The number of carbonyl (C=O) groups is 3. The summed E-state index contributed by atoms with van der Waals surface area (Å²) in [4.78, 5) is 37.0. The van der Waals surface area contributed by atoms with Crippen molar-refractivity contribution in [2.24, 2.45) is 5.92 Å². The first kappa shape index (κ1) is 24.0. The minimum Gasteiger partial charge on any atom is -0.481 e. The lowest BCUT2D eigenvalue weighted by molar-refractivity contribution is -0.192. The van der Waals surface area contributed by atoms with E-state index in [1.54, 1.807) is 31.2 Å². The zero-order chi connectivity index (χ0) is 22.6. The van der Waals surface area contributed by atoms with E-state index in [1.807, 2.05) is 6.92 Å². The number of aliphatic carboxylic acids is 1. The largest absolute Gasteiger partial charge is 0.481 e. The number of halogens is 2. The highest BCUT2D eigenvalue weighted by atomic mass is 35.5. The molecule has 1 aromatic carbocycles. The summed E-state index contributed by atoms with van der Waals surface area (Å²) in [6, 6.07) is 4.93. The lowest BCUT2D eigenvalue weighted by Gasteiger charge is -2.42. The lowest BCUT2D eigenvalue weighted by Crippen LogP contribution is -2.61. The maximum atomic E-state index is 13.0. The van der Waals surface area contributed by atoms with Gasteiger partial charge >= 0.3 is 17.9 Å². The summed E-state index contributed by atoms with van der Waals surface area (Å²) in [5.74, 6) is -4.59. The van der Waals surface area contributed by atoms with E-state index >= 15 is 0 Å². The van der Waals surface area contributed by atoms with Gasteiger partial charge in [-0.1, -0.05) is 48.3 Å². The van der Waals surface area contributed by atoms with Crippen LogP contribution in [0.3, 0.4) is 0 Å². The van der Waals surface area contributed by atoms with Gasteiger partial charge in [-0.2, -0.15) is 0 Å². The van der Waals surface area contributed by atoms with Crippen LogP contribution in [0.5, 0.6) is 0 Å². The third kappa shape index (κ3) is 5.08.